The van der Waals surface area contributed by atoms with Gasteiger partial charge in [0.05, 0.1) is 6.61 Å². The van der Waals surface area contributed by atoms with Gasteiger partial charge >= 0.3 is 5.91 Å². The monoisotopic (exact) mass is 225 g/mol. The summed E-state index contributed by atoms with van der Waals surface area (Å²) in [5.41, 5.74) is 0. The molecule has 0 aliphatic heterocycles. The Balaban J connectivity index is 4.50. The van der Waals surface area contributed by atoms with Gasteiger partial charge in [-0.15, -0.1) is 0 Å². The molecule has 9 nitrogen and oxygen atoms in total. The molecular formula is C6H11NO8. The molecule has 0 radical (unpaired) electrons. The number of aliphatic hydroxyl groups is 5. The molecule has 0 saturated heterocycles. The Morgan fingerprint density at radius 2 is 1.67 bits per heavy atom. The molecule has 0 spiro atoms. The Morgan fingerprint density at radius 1 is 1.20 bits per heavy atom. The predicted molar refractivity (Wildman–Crippen MR) is 43.1 cm³/mol. The maximum absolute atomic E-state index is 10.5. The van der Waals surface area contributed by atoms with Gasteiger partial charge < -0.3 is 25.5 Å². The summed E-state index contributed by atoms with van der Waals surface area (Å²) in [6, 6.07) is 0. The van der Waals surface area contributed by atoms with Crippen molar-refractivity contribution in [2.24, 2.45) is 0 Å². The molecule has 0 bridgehead atoms. The summed E-state index contributed by atoms with van der Waals surface area (Å²) in [6.07, 6.45) is -8.58. The van der Waals surface area contributed by atoms with Gasteiger partial charge in [-0.25, -0.2) is 4.79 Å². The second-order valence-electron chi connectivity index (χ2n) is 2.77. The van der Waals surface area contributed by atoms with Gasteiger partial charge in [0.1, 0.15) is 23.2 Å². The molecule has 0 aromatic carbocycles. The maximum atomic E-state index is 10.5. The highest BCUT2D eigenvalue weighted by molar-refractivity contribution is 5.73. The lowest BCUT2D eigenvalue weighted by atomic mass is 10.0. The molecule has 0 aliphatic rings. The molecule has 4 atom stereocenters. The highest BCUT2D eigenvalue weighted by Crippen LogP contribution is 2.06. The smallest absolute Gasteiger partial charge is 0.394 e. The van der Waals surface area contributed by atoms with Gasteiger partial charge in [0.2, 0.25) is 6.10 Å². The summed E-state index contributed by atoms with van der Waals surface area (Å²) in [5.74, 6) is -1.91. The van der Waals surface area contributed by atoms with E-state index in [1.165, 1.54) is 0 Å². The zero-order chi connectivity index (χ0) is 12.2. The average Bonchev–Trinajstić information content (AvgIpc) is 2.23. The second kappa shape index (κ2) is 5.68. The molecule has 9 heteroatoms. The fourth-order valence-corrected chi connectivity index (χ4v) is 0.776. The Morgan fingerprint density at radius 3 is 2.00 bits per heavy atom. The molecule has 0 heterocycles. The van der Waals surface area contributed by atoms with Crippen molar-refractivity contribution in [2.45, 2.75) is 24.4 Å². The van der Waals surface area contributed by atoms with Crippen LogP contribution in [0.4, 0.5) is 0 Å². The molecule has 88 valence electrons. The molecular weight excluding hydrogens is 214 g/mol. The first-order valence-electron chi connectivity index (χ1n) is 3.84. The van der Waals surface area contributed by atoms with Gasteiger partial charge in [0.25, 0.3) is 0 Å². The molecule has 4 unspecified atom stereocenters. The van der Waals surface area contributed by atoms with Gasteiger partial charge in [0, 0.05) is 0 Å². The van der Waals surface area contributed by atoms with Crippen molar-refractivity contribution in [1.29, 1.82) is 0 Å². The zero-order valence-corrected chi connectivity index (χ0v) is 7.42. The van der Waals surface area contributed by atoms with Crippen LogP contribution >= 0.6 is 0 Å². The number of carbonyl (C=O) groups excluding carboxylic acids is 1. The molecule has 0 aromatic heterocycles. The number of rotatable bonds is 5. The molecule has 0 fully saturated rings. The van der Waals surface area contributed by atoms with Crippen molar-refractivity contribution < 1.29 is 35.3 Å². The van der Waals surface area contributed by atoms with Gasteiger partial charge in [-0.1, -0.05) is 0 Å². The highest BCUT2D eigenvalue weighted by atomic mass is 16.6. The Kier molecular flexibility index (Phi) is 5.25. The van der Waals surface area contributed by atoms with Gasteiger partial charge in [-0.2, -0.15) is 0 Å². The first-order valence-corrected chi connectivity index (χ1v) is 3.84. The van der Waals surface area contributed by atoms with Gasteiger partial charge in [-0.3, -0.25) is 10.1 Å². The minimum atomic E-state index is -2.46. The summed E-state index contributed by atoms with van der Waals surface area (Å²) in [6.45, 7) is -0.933. The van der Waals surface area contributed by atoms with E-state index in [0.29, 0.717) is 0 Å². The van der Waals surface area contributed by atoms with Crippen LogP contribution in [0.15, 0.2) is 0 Å². The average molecular weight is 225 g/mol. The van der Waals surface area contributed by atoms with Crippen LogP contribution < -0.4 is 0 Å². The first-order chi connectivity index (χ1) is 6.82. The third kappa shape index (κ3) is 3.49. The van der Waals surface area contributed by atoms with Crippen molar-refractivity contribution in [1.82, 2.24) is 0 Å². The van der Waals surface area contributed by atoms with E-state index in [2.05, 4.69) is 0 Å². The fourth-order valence-electron chi connectivity index (χ4n) is 0.776. The van der Waals surface area contributed by atoms with Crippen molar-refractivity contribution in [3.8, 4) is 0 Å². The lowest BCUT2D eigenvalue weighted by molar-refractivity contribution is -0.411. The van der Waals surface area contributed by atoms with E-state index >= 15 is 0 Å². The lowest BCUT2D eigenvalue weighted by Gasteiger charge is -2.22. The molecule has 5 N–H and O–H groups in total. The van der Waals surface area contributed by atoms with E-state index in [1.807, 2.05) is 0 Å². The van der Waals surface area contributed by atoms with Crippen LogP contribution in [0.2, 0.25) is 0 Å². The number of nitrogens with zero attached hydrogens (tertiary/aromatic N) is 1. The minimum Gasteiger partial charge on any atom is -0.394 e. The number of amides is 1. The Labute approximate surface area is 83.3 Å². The molecule has 0 aliphatic carbocycles. The summed E-state index contributed by atoms with van der Waals surface area (Å²) < 4.78 is 0. The minimum absolute atomic E-state index is 0.933. The summed E-state index contributed by atoms with van der Waals surface area (Å²) >= 11 is 0. The topological polar surface area (TPSA) is 161 Å². The van der Waals surface area contributed by atoms with E-state index in [-0.39, 0.29) is 0 Å². The normalized spacial score (nSPS) is 19.0. The molecule has 0 saturated carbocycles. The molecule has 15 heavy (non-hydrogen) atoms. The van der Waals surface area contributed by atoms with Crippen LogP contribution in [0.3, 0.4) is 0 Å². The van der Waals surface area contributed by atoms with Gasteiger partial charge in [-0.05, 0) is 0 Å². The van der Waals surface area contributed by atoms with Crippen molar-refractivity contribution in [3.63, 3.8) is 0 Å². The van der Waals surface area contributed by atoms with Crippen molar-refractivity contribution in [3.05, 3.63) is 10.1 Å². The van der Waals surface area contributed by atoms with E-state index in [1.54, 1.807) is 0 Å². The maximum Gasteiger partial charge on any atom is 0.475 e. The molecule has 0 aromatic rings. The highest BCUT2D eigenvalue weighted by Gasteiger charge is 2.39. The van der Waals surface area contributed by atoms with Crippen molar-refractivity contribution >= 4 is 5.91 Å². The number of hydrogen-bond acceptors (Lipinski definition) is 8. The fraction of sp³-hybridized carbons (Fsp3) is 0.833. The van der Waals surface area contributed by atoms with Crippen LogP contribution in [0.5, 0.6) is 0 Å². The predicted octanol–water partition coefficient (Wildman–Crippen LogP) is -3.77. The van der Waals surface area contributed by atoms with E-state index < -0.39 is 41.9 Å². The van der Waals surface area contributed by atoms with Gasteiger partial charge in [0.15, 0.2) is 0 Å². The van der Waals surface area contributed by atoms with Crippen LogP contribution in [-0.2, 0) is 4.79 Å². The number of aliphatic hydroxyl groups excluding tert-OH is 5. The third-order valence-corrected chi connectivity index (χ3v) is 1.69. The van der Waals surface area contributed by atoms with Crippen LogP contribution in [0.1, 0.15) is 0 Å². The molecule has 0 rings (SSSR count). The quantitative estimate of drug-likeness (QED) is 0.235. The largest absolute Gasteiger partial charge is 0.475 e. The second-order valence-corrected chi connectivity index (χ2v) is 2.77. The summed E-state index contributed by atoms with van der Waals surface area (Å²) in [7, 11) is 0. The molecule has 1 amide bonds. The number of carbonyl (C=O) groups is 1. The van der Waals surface area contributed by atoms with Crippen molar-refractivity contribution in [2.75, 3.05) is 6.61 Å². The number of hydrogen-bond donors (Lipinski definition) is 5. The standard InChI is InChI=1S/C6H11NO8/c8-1-2(9)3(10)4(11)5(12)6(13)7(14)15/h2-5,8-12H,1H2. The Hall–Kier alpha value is -1.13. The zero-order valence-electron chi connectivity index (χ0n) is 7.42. The third-order valence-electron chi connectivity index (χ3n) is 1.69. The summed E-state index contributed by atoms with van der Waals surface area (Å²) in [4.78, 5) is 19.0. The van der Waals surface area contributed by atoms with Crippen LogP contribution in [0.25, 0.3) is 0 Å². The van der Waals surface area contributed by atoms with Crippen LogP contribution in [0, 0.1) is 10.1 Å². The number of nitro groups is 1. The summed E-state index contributed by atoms with van der Waals surface area (Å²) in [5, 5.41) is 54.0. The van der Waals surface area contributed by atoms with Crippen LogP contribution in [-0.4, -0.2) is 67.4 Å². The lowest BCUT2D eigenvalue weighted by Crippen LogP contribution is -2.50. The Bertz CT molecular complexity index is 243. The SMILES string of the molecule is O=C(C(O)C(O)C(O)C(O)CO)[N+](=O)[O-]. The van der Waals surface area contributed by atoms with E-state index in [0.717, 1.165) is 0 Å². The first kappa shape index (κ1) is 13.9. The van der Waals surface area contributed by atoms with E-state index in [9.17, 15) is 14.9 Å². The van der Waals surface area contributed by atoms with E-state index in [4.69, 9.17) is 25.5 Å².